The summed E-state index contributed by atoms with van der Waals surface area (Å²) in [7, 11) is 0. The van der Waals surface area contributed by atoms with Crippen molar-refractivity contribution in [2.24, 2.45) is 0 Å². The zero-order valence-corrected chi connectivity index (χ0v) is 20.4. The molecule has 1 atom stereocenters. The predicted octanol–water partition coefficient (Wildman–Crippen LogP) is 5.07. The summed E-state index contributed by atoms with van der Waals surface area (Å²) in [6.45, 7) is 1.000. The highest BCUT2D eigenvalue weighted by molar-refractivity contribution is 6.03. The van der Waals surface area contributed by atoms with Crippen molar-refractivity contribution in [3.8, 4) is 0 Å². The van der Waals surface area contributed by atoms with Gasteiger partial charge in [0.25, 0.3) is 0 Å². The zero-order valence-electron chi connectivity index (χ0n) is 20.4. The molecule has 2 amide bonds. The third-order valence-electron chi connectivity index (χ3n) is 5.84. The summed E-state index contributed by atoms with van der Waals surface area (Å²) in [5, 5.41) is 9.19. The van der Waals surface area contributed by atoms with E-state index in [2.05, 4.69) is 16.0 Å². The molecule has 4 aromatic carbocycles. The molecule has 0 saturated carbocycles. The van der Waals surface area contributed by atoms with Gasteiger partial charge in [0.05, 0.1) is 11.4 Å². The van der Waals surface area contributed by atoms with Crippen molar-refractivity contribution in [3.63, 3.8) is 0 Å². The fourth-order valence-corrected chi connectivity index (χ4v) is 3.82. The Kier molecular flexibility index (Phi) is 8.83. The van der Waals surface area contributed by atoms with Gasteiger partial charge < -0.3 is 16.4 Å². The average Bonchev–Trinajstić information content (AvgIpc) is 2.94. The molecule has 6 nitrogen and oxygen atoms in total. The normalized spacial score (nSPS) is 11.7. The van der Waals surface area contributed by atoms with Crippen LogP contribution in [0.3, 0.4) is 0 Å². The molecule has 0 bridgehead atoms. The molecule has 37 heavy (non-hydrogen) atoms. The summed E-state index contributed by atoms with van der Waals surface area (Å²) in [6, 6.07) is 33.9. The van der Waals surface area contributed by atoms with Crippen molar-refractivity contribution >= 4 is 29.3 Å². The molecule has 0 aliphatic rings. The Bertz CT molecular complexity index is 1340. The third-order valence-corrected chi connectivity index (χ3v) is 5.84. The van der Waals surface area contributed by atoms with Gasteiger partial charge in [-0.3, -0.25) is 14.9 Å². The van der Waals surface area contributed by atoms with Gasteiger partial charge in [-0.25, -0.2) is 0 Å². The second kappa shape index (κ2) is 12.9. The van der Waals surface area contributed by atoms with E-state index in [0.29, 0.717) is 24.5 Å². The lowest BCUT2D eigenvalue weighted by Crippen LogP contribution is -2.37. The first-order valence-corrected chi connectivity index (χ1v) is 12.1. The Balaban J connectivity index is 1.43. The molecule has 0 spiro atoms. The van der Waals surface area contributed by atoms with Crippen molar-refractivity contribution in [2.45, 2.75) is 19.1 Å². The van der Waals surface area contributed by atoms with E-state index in [1.54, 1.807) is 18.2 Å². The van der Waals surface area contributed by atoms with Gasteiger partial charge in [-0.1, -0.05) is 97.1 Å². The quantitative estimate of drug-likeness (QED) is 0.184. The Morgan fingerprint density at radius 3 is 1.97 bits per heavy atom. The van der Waals surface area contributed by atoms with E-state index in [1.165, 1.54) is 6.08 Å². The minimum Gasteiger partial charge on any atom is -0.397 e. The van der Waals surface area contributed by atoms with Crippen molar-refractivity contribution in [3.05, 3.63) is 138 Å². The lowest BCUT2D eigenvalue weighted by molar-refractivity contribution is -0.123. The SMILES string of the molecule is Nc1ccccc1NC(=O)C=Cc1ccc(C(NCc2ccccc2)C(=O)NCc2ccccc2)cc1. The topological polar surface area (TPSA) is 96.2 Å². The smallest absolute Gasteiger partial charge is 0.248 e. The Labute approximate surface area is 217 Å². The lowest BCUT2D eigenvalue weighted by Gasteiger charge is -2.19. The summed E-state index contributed by atoms with van der Waals surface area (Å²) < 4.78 is 0. The second-order valence-corrected chi connectivity index (χ2v) is 8.58. The molecule has 6 heteroatoms. The van der Waals surface area contributed by atoms with E-state index in [1.807, 2.05) is 97.1 Å². The maximum atomic E-state index is 13.2. The molecule has 4 aromatic rings. The predicted molar refractivity (Wildman–Crippen MR) is 149 cm³/mol. The number of hydrogen-bond acceptors (Lipinski definition) is 4. The number of anilines is 2. The average molecular weight is 491 g/mol. The van der Waals surface area contributed by atoms with Gasteiger partial charge in [-0.2, -0.15) is 0 Å². The standard InChI is InChI=1S/C31H30N4O2/c32-27-13-7-8-14-28(27)35-29(36)20-17-23-15-18-26(19-16-23)30(33-21-24-9-3-1-4-10-24)31(37)34-22-25-11-5-2-6-12-25/h1-20,30,33H,21-22,32H2,(H,34,37)(H,35,36). The molecule has 0 aromatic heterocycles. The molecule has 4 rings (SSSR count). The van der Waals surface area contributed by atoms with E-state index >= 15 is 0 Å². The van der Waals surface area contributed by atoms with Crippen LogP contribution in [0.2, 0.25) is 0 Å². The minimum atomic E-state index is -0.536. The fraction of sp³-hybridized carbons (Fsp3) is 0.0968. The molecule has 186 valence electrons. The molecular weight excluding hydrogens is 460 g/mol. The summed E-state index contributed by atoms with van der Waals surface area (Å²) in [4.78, 5) is 25.5. The Morgan fingerprint density at radius 1 is 0.730 bits per heavy atom. The number of amides is 2. The number of hydrogen-bond donors (Lipinski definition) is 4. The maximum Gasteiger partial charge on any atom is 0.248 e. The minimum absolute atomic E-state index is 0.108. The van der Waals surface area contributed by atoms with E-state index < -0.39 is 6.04 Å². The van der Waals surface area contributed by atoms with Gasteiger partial charge in [-0.15, -0.1) is 0 Å². The van der Waals surface area contributed by atoms with Crippen molar-refractivity contribution in [2.75, 3.05) is 11.1 Å². The first-order valence-electron chi connectivity index (χ1n) is 12.1. The van der Waals surface area contributed by atoms with Crippen LogP contribution in [0.25, 0.3) is 6.08 Å². The molecule has 0 aliphatic heterocycles. The highest BCUT2D eigenvalue weighted by Gasteiger charge is 2.20. The highest BCUT2D eigenvalue weighted by Crippen LogP contribution is 2.18. The molecular formula is C31H30N4O2. The van der Waals surface area contributed by atoms with Gasteiger partial charge in [0.15, 0.2) is 0 Å². The lowest BCUT2D eigenvalue weighted by atomic mass is 10.0. The largest absolute Gasteiger partial charge is 0.397 e. The van der Waals surface area contributed by atoms with Gasteiger partial charge in [0.2, 0.25) is 11.8 Å². The Hall–Kier alpha value is -4.68. The molecule has 0 aliphatic carbocycles. The first-order chi connectivity index (χ1) is 18.1. The van der Waals surface area contributed by atoms with E-state index in [-0.39, 0.29) is 11.8 Å². The molecule has 0 heterocycles. The van der Waals surface area contributed by atoms with Crippen molar-refractivity contribution in [1.82, 2.24) is 10.6 Å². The summed E-state index contributed by atoms with van der Waals surface area (Å²) in [5.41, 5.74) is 10.8. The van der Waals surface area contributed by atoms with Crippen molar-refractivity contribution < 1.29 is 9.59 Å². The number of para-hydroxylation sites is 2. The Morgan fingerprint density at radius 2 is 1.32 bits per heavy atom. The molecule has 5 N–H and O–H groups in total. The van der Waals surface area contributed by atoms with Crippen LogP contribution in [0.1, 0.15) is 28.3 Å². The van der Waals surface area contributed by atoms with E-state index in [9.17, 15) is 9.59 Å². The van der Waals surface area contributed by atoms with Gasteiger partial charge in [0, 0.05) is 19.2 Å². The monoisotopic (exact) mass is 490 g/mol. The highest BCUT2D eigenvalue weighted by atomic mass is 16.2. The number of carbonyl (C=O) groups is 2. The fourth-order valence-electron chi connectivity index (χ4n) is 3.82. The van der Waals surface area contributed by atoms with Crippen molar-refractivity contribution in [1.29, 1.82) is 0 Å². The first kappa shape index (κ1) is 25.4. The number of nitrogens with one attached hydrogen (secondary N) is 3. The number of nitrogen functional groups attached to an aromatic ring is 1. The van der Waals surface area contributed by atoms with Gasteiger partial charge in [-0.05, 0) is 40.5 Å². The molecule has 0 fully saturated rings. The number of nitrogens with two attached hydrogens (primary N) is 1. The molecule has 0 radical (unpaired) electrons. The number of benzene rings is 4. The molecule has 0 saturated heterocycles. The van der Waals surface area contributed by atoms with Crippen LogP contribution in [-0.2, 0) is 22.7 Å². The van der Waals surface area contributed by atoms with Crippen LogP contribution in [0.15, 0.2) is 115 Å². The van der Waals surface area contributed by atoms with E-state index in [0.717, 1.165) is 22.3 Å². The van der Waals surface area contributed by atoms with Crippen LogP contribution in [0, 0.1) is 0 Å². The van der Waals surface area contributed by atoms with Crippen LogP contribution in [0.4, 0.5) is 11.4 Å². The van der Waals surface area contributed by atoms with Crippen LogP contribution >= 0.6 is 0 Å². The third kappa shape index (κ3) is 7.65. The van der Waals surface area contributed by atoms with Crippen LogP contribution < -0.4 is 21.7 Å². The van der Waals surface area contributed by atoms with Gasteiger partial charge in [0.1, 0.15) is 6.04 Å². The van der Waals surface area contributed by atoms with Crippen LogP contribution in [-0.4, -0.2) is 11.8 Å². The van der Waals surface area contributed by atoms with Gasteiger partial charge >= 0.3 is 0 Å². The summed E-state index contributed by atoms with van der Waals surface area (Å²) in [6.07, 6.45) is 3.18. The van der Waals surface area contributed by atoms with E-state index in [4.69, 9.17) is 5.73 Å². The number of carbonyl (C=O) groups excluding carboxylic acids is 2. The van der Waals surface area contributed by atoms with Crippen LogP contribution in [0.5, 0.6) is 0 Å². The number of rotatable bonds is 10. The summed E-state index contributed by atoms with van der Waals surface area (Å²) >= 11 is 0. The second-order valence-electron chi connectivity index (χ2n) is 8.58. The summed E-state index contributed by atoms with van der Waals surface area (Å²) in [5.74, 6) is -0.382. The maximum absolute atomic E-state index is 13.2. The molecule has 1 unspecified atom stereocenters. The zero-order chi connectivity index (χ0) is 25.9.